The molecule has 0 heterocycles. The van der Waals surface area contributed by atoms with E-state index in [-0.39, 0.29) is 15.6 Å². The van der Waals surface area contributed by atoms with Crippen molar-refractivity contribution in [1.82, 2.24) is 4.31 Å². The molecular formula is C13H13F3N2O2S. The Morgan fingerprint density at radius 2 is 1.86 bits per heavy atom. The van der Waals surface area contributed by atoms with Gasteiger partial charge in [-0.3, -0.25) is 0 Å². The molecule has 1 aromatic carbocycles. The quantitative estimate of drug-likeness (QED) is 0.810. The summed E-state index contributed by atoms with van der Waals surface area (Å²) < 4.78 is 62.2. The van der Waals surface area contributed by atoms with Crippen LogP contribution < -0.4 is 0 Å². The van der Waals surface area contributed by atoms with E-state index in [1.165, 1.54) is 30.3 Å². The van der Waals surface area contributed by atoms with Crippen LogP contribution in [0.5, 0.6) is 0 Å². The van der Waals surface area contributed by atoms with Gasteiger partial charge in [0.05, 0.1) is 11.0 Å². The van der Waals surface area contributed by atoms with Gasteiger partial charge >= 0.3 is 6.18 Å². The van der Waals surface area contributed by atoms with Gasteiger partial charge in [0.2, 0.25) is 10.0 Å². The van der Waals surface area contributed by atoms with Gasteiger partial charge in [0.15, 0.2) is 0 Å². The van der Waals surface area contributed by atoms with Gasteiger partial charge in [-0.15, -0.1) is 0 Å². The Kier molecular flexibility index (Phi) is 5.52. The fraction of sp³-hybridized carbons (Fsp3) is 0.308. The second kappa shape index (κ2) is 6.74. The lowest BCUT2D eigenvalue weighted by atomic mass is 10.2. The first-order valence-corrected chi connectivity index (χ1v) is 7.31. The third-order valence-corrected chi connectivity index (χ3v) is 4.44. The van der Waals surface area contributed by atoms with Crippen molar-refractivity contribution in [2.45, 2.75) is 17.5 Å². The van der Waals surface area contributed by atoms with Crippen molar-refractivity contribution in [3.05, 3.63) is 36.4 Å². The topological polar surface area (TPSA) is 61.2 Å². The second-order valence-electron chi connectivity index (χ2n) is 4.14. The molecule has 0 atom stereocenters. The van der Waals surface area contributed by atoms with Crippen LogP contribution in [0.4, 0.5) is 13.2 Å². The third-order valence-electron chi connectivity index (χ3n) is 2.58. The third kappa shape index (κ3) is 4.88. The summed E-state index contributed by atoms with van der Waals surface area (Å²) in [5, 5.41) is 8.45. The van der Waals surface area contributed by atoms with Gasteiger partial charge in [-0.2, -0.15) is 22.7 Å². The highest BCUT2D eigenvalue weighted by Gasteiger charge is 2.36. The highest BCUT2D eigenvalue weighted by atomic mass is 32.2. The average molecular weight is 318 g/mol. The van der Waals surface area contributed by atoms with Crippen molar-refractivity contribution in [2.24, 2.45) is 0 Å². The predicted octanol–water partition coefficient (Wildman–Crippen LogP) is 2.80. The summed E-state index contributed by atoms with van der Waals surface area (Å²) >= 11 is 0. The van der Waals surface area contributed by atoms with Crippen LogP contribution in [0.25, 0.3) is 6.08 Å². The molecule has 0 amide bonds. The Morgan fingerprint density at radius 1 is 1.29 bits per heavy atom. The molecule has 8 heteroatoms. The lowest BCUT2D eigenvalue weighted by Crippen LogP contribution is -2.39. The van der Waals surface area contributed by atoms with E-state index < -0.39 is 29.3 Å². The van der Waals surface area contributed by atoms with Gasteiger partial charge in [0, 0.05) is 13.0 Å². The van der Waals surface area contributed by atoms with Gasteiger partial charge < -0.3 is 0 Å². The molecule has 0 aliphatic heterocycles. The summed E-state index contributed by atoms with van der Waals surface area (Å²) in [6.07, 6.45) is -3.51. The Bertz CT molecular complexity index is 631. The van der Waals surface area contributed by atoms with Gasteiger partial charge in [-0.05, 0) is 17.7 Å². The molecule has 0 radical (unpaired) electrons. The molecule has 21 heavy (non-hydrogen) atoms. The molecule has 0 unspecified atom stereocenters. The first kappa shape index (κ1) is 17.2. The zero-order valence-electron chi connectivity index (χ0n) is 11.0. The number of rotatable bonds is 6. The molecule has 0 saturated carbocycles. The van der Waals surface area contributed by atoms with Crippen molar-refractivity contribution in [2.75, 3.05) is 13.1 Å². The fourth-order valence-electron chi connectivity index (χ4n) is 1.58. The standard InChI is InChI=1S/C13H13F3N2O2S/c1-2-11-4-6-12(7-5-11)21(19,20)18(9-3-8-17)10-13(14,15)16/h2,4-7H,1,3,9-10H2. The minimum atomic E-state index is -4.68. The number of nitrogens with zero attached hydrogens (tertiary/aromatic N) is 2. The van der Waals surface area contributed by atoms with Crippen molar-refractivity contribution in [3.8, 4) is 6.07 Å². The van der Waals surface area contributed by atoms with E-state index in [1.54, 1.807) is 6.07 Å². The molecule has 114 valence electrons. The molecule has 0 N–H and O–H groups in total. The van der Waals surface area contributed by atoms with Gasteiger partial charge in [-0.25, -0.2) is 8.42 Å². The molecule has 0 aromatic heterocycles. The lowest BCUT2D eigenvalue weighted by Gasteiger charge is -2.22. The van der Waals surface area contributed by atoms with Crippen LogP contribution in [0.1, 0.15) is 12.0 Å². The van der Waals surface area contributed by atoms with E-state index in [1.807, 2.05) is 0 Å². The SMILES string of the molecule is C=Cc1ccc(S(=O)(=O)N(CCC#N)CC(F)(F)F)cc1. The van der Waals surface area contributed by atoms with Gasteiger partial charge in [0.1, 0.15) is 6.54 Å². The smallest absolute Gasteiger partial charge is 0.207 e. The van der Waals surface area contributed by atoms with E-state index in [0.29, 0.717) is 5.56 Å². The fourth-order valence-corrected chi connectivity index (χ4v) is 3.01. The molecule has 1 aromatic rings. The molecule has 1 rings (SSSR count). The molecule has 0 aliphatic rings. The molecule has 4 nitrogen and oxygen atoms in total. The second-order valence-corrected chi connectivity index (χ2v) is 6.07. The van der Waals surface area contributed by atoms with Crippen molar-refractivity contribution in [3.63, 3.8) is 0 Å². The molecule has 0 bridgehead atoms. The van der Waals surface area contributed by atoms with Gasteiger partial charge in [0.25, 0.3) is 0 Å². The van der Waals surface area contributed by atoms with E-state index in [9.17, 15) is 21.6 Å². The maximum Gasteiger partial charge on any atom is 0.402 e. The van der Waals surface area contributed by atoms with Crippen LogP contribution in [0.15, 0.2) is 35.7 Å². The highest BCUT2D eigenvalue weighted by Crippen LogP contribution is 2.23. The van der Waals surface area contributed by atoms with Gasteiger partial charge in [-0.1, -0.05) is 24.8 Å². The first-order chi connectivity index (χ1) is 9.70. The number of alkyl halides is 3. The van der Waals surface area contributed by atoms with Crippen molar-refractivity contribution < 1.29 is 21.6 Å². The summed E-state index contributed by atoms with van der Waals surface area (Å²) in [4.78, 5) is -0.254. The summed E-state index contributed by atoms with van der Waals surface area (Å²) in [6, 6.07) is 6.94. The van der Waals surface area contributed by atoms with Crippen LogP contribution in [0.2, 0.25) is 0 Å². The maximum atomic E-state index is 12.5. The number of hydrogen-bond acceptors (Lipinski definition) is 3. The molecule has 0 saturated heterocycles. The van der Waals surface area contributed by atoms with Crippen LogP contribution in [0.3, 0.4) is 0 Å². The molecule has 0 fully saturated rings. The number of benzene rings is 1. The average Bonchev–Trinajstić information content (AvgIpc) is 2.42. The zero-order chi connectivity index (χ0) is 16.1. The zero-order valence-corrected chi connectivity index (χ0v) is 11.8. The van der Waals surface area contributed by atoms with E-state index in [2.05, 4.69) is 6.58 Å². The Morgan fingerprint density at radius 3 is 2.29 bits per heavy atom. The molecule has 0 spiro atoms. The number of nitriles is 1. The Labute approximate surface area is 121 Å². The first-order valence-electron chi connectivity index (χ1n) is 5.87. The van der Waals surface area contributed by atoms with E-state index in [0.717, 1.165) is 0 Å². The monoisotopic (exact) mass is 318 g/mol. The maximum absolute atomic E-state index is 12.5. The number of halogens is 3. The summed E-state index contributed by atoms with van der Waals surface area (Å²) in [5.41, 5.74) is 0.647. The summed E-state index contributed by atoms with van der Waals surface area (Å²) in [7, 11) is -4.30. The summed E-state index contributed by atoms with van der Waals surface area (Å²) in [6.45, 7) is 1.37. The lowest BCUT2D eigenvalue weighted by molar-refractivity contribution is -0.136. The van der Waals surface area contributed by atoms with Crippen LogP contribution in [0, 0.1) is 11.3 Å². The number of sulfonamides is 1. The van der Waals surface area contributed by atoms with E-state index >= 15 is 0 Å². The highest BCUT2D eigenvalue weighted by molar-refractivity contribution is 7.89. The predicted molar refractivity (Wildman–Crippen MR) is 71.6 cm³/mol. The Balaban J connectivity index is 3.12. The van der Waals surface area contributed by atoms with Crippen LogP contribution in [-0.4, -0.2) is 32.0 Å². The van der Waals surface area contributed by atoms with Crippen molar-refractivity contribution >= 4 is 16.1 Å². The van der Waals surface area contributed by atoms with Crippen LogP contribution in [-0.2, 0) is 10.0 Å². The van der Waals surface area contributed by atoms with E-state index in [4.69, 9.17) is 5.26 Å². The molecular weight excluding hydrogens is 305 g/mol. The van der Waals surface area contributed by atoms with Crippen LogP contribution >= 0.6 is 0 Å². The Hall–Kier alpha value is -1.85. The number of hydrogen-bond donors (Lipinski definition) is 0. The minimum absolute atomic E-state index is 0.254. The minimum Gasteiger partial charge on any atom is -0.207 e. The summed E-state index contributed by atoms with van der Waals surface area (Å²) in [5.74, 6) is 0. The van der Waals surface area contributed by atoms with Crippen molar-refractivity contribution in [1.29, 1.82) is 5.26 Å². The normalized spacial score (nSPS) is 12.1. The molecule has 0 aliphatic carbocycles. The largest absolute Gasteiger partial charge is 0.402 e.